The lowest BCUT2D eigenvalue weighted by atomic mass is 10.1. The van der Waals surface area contributed by atoms with E-state index in [1.807, 2.05) is 17.9 Å². The summed E-state index contributed by atoms with van der Waals surface area (Å²) in [6.07, 6.45) is 2.99. The van der Waals surface area contributed by atoms with Crippen LogP contribution in [0.25, 0.3) is 11.2 Å². The molecule has 3 aromatic rings. The molecular weight excluding hydrogens is 306 g/mol. The summed E-state index contributed by atoms with van der Waals surface area (Å²) in [6.45, 7) is 4.97. The van der Waals surface area contributed by atoms with E-state index in [9.17, 15) is 0 Å². The molecule has 9 heteroatoms. The Morgan fingerprint density at radius 2 is 2.12 bits per heavy atom. The molecule has 0 bridgehead atoms. The Hall–Kier alpha value is -2.68. The Balaban J connectivity index is 1.52. The summed E-state index contributed by atoms with van der Waals surface area (Å²) in [5.41, 5.74) is 15.2. The quantitative estimate of drug-likeness (QED) is 0.641. The zero-order valence-corrected chi connectivity index (χ0v) is 13.8. The van der Waals surface area contributed by atoms with Gasteiger partial charge >= 0.3 is 0 Å². The second kappa shape index (κ2) is 5.45. The largest absolute Gasteiger partial charge is 0.382 e. The number of hydrogen-bond acceptors (Lipinski definition) is 7. The van der Waals surface area contributed by atoms with Gasteiger partial charge in [-0.2, -0.15) is 15.1 Å². The van der Waals surface area contributed by atoms with Crippen molar-refractivity contribution in [3.63, 3.8) is 0 Å². The van der Waals surface area contributed by atoms with Crippen LogP contribution >= 0.6 is 0 Å². The number of imidazole rings is 1. The fourth-order valence-corrected chi connectivity index (χ4v) is 3.29. The average molecular weight is 327 g/mol. The molecule has 1 unspecified atom stereocenters. The molecule has 1 aliphatic heterocycles. The van der Waals surface area contributed by atoms with Crippen molar-refractivity contribution in [2.45, 2.75) is 25.8 Å². The molecule has 0 aromatic carbocycles. The molecule has 3 aromatic heterocycles. The second-order valence-corrected chi connectivity index (χ2v) is 6.39. The van der Waals surface area contributed by atoms with E-state index in [4.69, 9.17) is 11.5 Å². The van der Waals surface area contributed by atoms with Crippen LogP contribution in [0.3, 0.4) is 0 Å². The standard InChI is InChI=1S/C15H21N9/c1-8-10(5-18-23(8)2)7-24-4-3-9(6-24)13-19-11-12(16)20-15(17)22-14(11)21-13/h5,9H,3-4,6-7H2,1-2H3,(H5,16,17,19,20,21,22). The molecule has 0 saturated carbocycles. The van der Waals surface area contributed by atoms with E-state index in [1.165, 1.54) is 11.3 Å². The predicted molar refractivity (Wildman–Crippen MR) is 91.1 cm³/mol. The molecule has 1 aliphatic rings. The van der Waals surface area contributed by atoms with Gasteiger partial charge in [0, 0.05) is 37.3 Å². The van der Waals surface area contributed by atoms with E-state index in [0.717, 1.165) is 31.9 Å². The summed E-state index contributed by atoms with van der Waals surface area (Å²) in [7, 11) is 1.97. The first-order valence-electron chi connectivity index (χ1n) is 7.99. The molecule has 1 saturated heterocycles. The number of likely N-dealkylation sites (tertiary alicyclic amines) is 1. The summed E-state index contributed by atoms with van der Waals surface area (Å²) in [5, 5.41) is 4.31. The Bertz CT molecular complexity index is 894. The number of anilines is 2. The summed E-state index contributed by atoms with van der Waals surface area (Å²) in [6, 6.07) is 0. The van der Waals surface area contributed by atoms with Crippen LogP contribution in [-0.4, -0.2) is 47.7 Å². The Kier molecular flexibility index (Phi) is 3.38. The highest BCUT2D eigenvalue weighted by atomic mass is 15.3. The SMILES string of the molecule is Cc1c(CN2CCC(c3nc4nc(N)nc(N)c4[nH]3)C2)cnn1C. The summed E-state index contributed by atoms with van der Waals surface area (Å²) < 4.78 is 1.91. The van der Waals surface area contributed by atoms with Crippen molar-refractivity contribution < 1.29 is 0 Å². The maximum Gasteiger partial charge on any atom is 0.224 e. The van der Waals surface area contributed by atoms with Crippen molar-refractivity contribution in [1.82, 2.24) is 34.6 Å². The number of fused-ring (bicyclic) bond motifs is 1. The number of aromatic nitrogens is 6. The summed E-state index contributed by atoms with van der Waals surface area (Å²) in [4.78, 5) is 18.4. The van der Waals surface area contributed by atoms with Crippen LogP contribution < -0.4 is 11.5 Å². The Morgan fingerprint density at radius 3 is 2.88 bits per heavy atom. The molecule has 0 spiro atoms. The number of nitrogens with one attached hydrogen (secondary N) is 1. The van der Waals surface area contributed by atoms with Crippen molar-refractivity contribution in [2.75, 3.05) is 24.6 Å². The first-order chi connectivity index (χ1) is 11.5. The van der Waals surface area contributed by atoms with Crippen LogP contribution in [0.4, 0.5) is 11.8 Å². The van der Waals surface area contributed by atoms with E-state index in [0.29, 0.717) is 22.9 Å². The zero-order chi connectivity index (χ0) is 16.8. The molecular formula is C15H21N9. The third-order valence-corrected chi connectivity index (χ3v) is 4.80. The molecule has 0 amide bonds. The molecule has 4 rings (SSSR count). The lowest BCUT2D eigenvalue weighted by Crippen LogP contribution is -2.20. The highest BCUT2D eigenvalue weighted by molar-refractivity contribution is 5.82. The topological polar surface area (TPSA) is 128 Å². The first-order valence-corrected chi connectivity index (χ1v) is 7.99. The van der Waals surface area contributed by atoms with Crippen LogP contribution in [0.15, 0.2) is 6.20 Å². The fourth-order valence-electron chi connectivity index (χ4n) is 3.29. The average Bonchev–Trinajstić information content (AvgIpc) is 3.22. The van der Waals surface area contributed by atoms with E-state index in [-0.39, 0.29) is 5.95 Å². The van der Waals surface area contributed by atoms with Gasteiger partial charge in [-0.1, -0.05) is 0 Å². The number of aryl methyl sites for hydroxylation is 1. The second-order valence-electron chi connectivity index (χ2n) is 6.39. The molecule has 0 radical (unpaired) electrons. The van der Waals surface area contributed by atoms with Gasteiger partial charge in [-0.3, -0.25) is 9.58 Å². The van der Waals surface area contributed by atoms with Crippen LogP contribution in [0, 0.1) is 6.92 Å². The fraction of sp³-hybridized carbons (Fsp3) is 0.467. The molecule has 1 fully saturated rings. The van der Waals surface area contributed by atoms with Gasteiger partial charge in [-0.15, -0.1) is 0 Å². The number of nitrogens with zero attached hydrogens (tertiary/aromatic N) is 6. The number of H-pyrrole nitrogens is 1. The van der Waals surface area contributed by atoms with E-state index < -0.39 is 0 Å². The number of nitrogens with two attached hydrogens (primary N) is 2. The minimum Gasteiger partial charge on any atom is -0.382 e. The third-order valence-electron chi connectivity index (χ3n) is 4.80. The minimum atomic E-state index is 0.151. The van der Waals surface area contributed by atoms with Gasteiger partial charge in [-0.05, 0) is 19.9 Å². The molecule has 9 nitrogen and oxygen atoms in total. The Morgan fingerprint density at radius 1 is 1.29 bits per heavy atom. The maximum atomic E-state index is 5.90. The zero-order valence-electron chi connectivity index (χ0n) is 13.8. The van der Waals surface area contributed by atoms with Crippen LogP contribution in [0.5, 0.6) is 0 Å². The lowest BCUT2D eigenvalue weighted by Gasteiger charge is -2.15. The molecule has 1 atom stereocenters. The van der Waals surface area contributed by atoms with E-state index >= 15 is 0 Å². The van der Waals surface area contributed by atoms with Crippen molar-refractivity contribution >= 4 is 22.9 Å². The van der Waals surface area contributed by atoms with Crippen molar-refractivity contribution in [2.24, 2.45) is 7.05 Å². The van der Waals surface area contributed by atoms with Crippen LogP contribution in [0.1, 0.15) is 29.4 Å². The highest BCUT2D eigenvalue weighted by Crippen LogP contribution is 2.29. The summed E-state index contributed by atoms with van der Waals surface area (Å²) >= 11 is 0. The third kappa shape index (κ3) is 2.46. The highest BCUT2D eigenvalue weighted by Gasteiger charge is 2.27. The van der Waals surface area contributed by atoms with Gasteiger partial charge < -0.3 is 16.5 Å². The molecule has 0 aliphatic carbocycles. The number of nitrogen functional groups attached to an aromatic ring is 2. The van der Waals surface area contributed by atoms with Gasteiger partial charge in [0.25, 0.3) is 0 Å². The number of hydrogen-bond donors (Lipinski definition) is 3. The predicted octanol–water partition coefficient (Wildman–Crippen LogP) is 0.549. The molecule has 24 heavy (non-hydrogen) atoms. The number of aromatic amines is 1. The van der Waals surface area contributed by atoms with Gasteiger partial charge in [0.2, 0.25) is 5.95 Å². The minimum absolute atomic E-state index is 0.151. The van der Waals surface area contributed by atoms with Crippen LogP contribution in [0.2, 0.25) is 0 Å². The maximum absolute atomic E-state index is 5.90. The van der Waals surface area contributed by atoms with Gasteiger partial charge in [0.1, 0.15) is 11.3 Å². The Labute approximate surface area is 139 Å². The normalized spacial score (nSPS) is 18.7. The first kappa shape index (κ1) is 14.9. The monoisotopic (exact) mass is 327 g/mol. The lowest BCUT2D eigenvalue weighted by molar-refractivity contribution is 0.325. The molecule has 5 N–H and O–H groups in total. The molecule has 126 valence electrons. The number of rotatable bonds is 3. The van der Waals surface area contributed by atoms with Crippen molar-refractivity contribution in [1.29, 1.82) is 0 Å². The van der Waals surface area contributed by atoms with Crippen molar-refractivity contribution in [3.8, 4) is 0 Å². The smallest absolute Gasteiger partial charge is 0.224 e. The van der Waals surface area contributed by atoms with Crippen LogP contribution in [-0.2, 0) is 13.6 Å². The van der Waals surface area contributed by atoms with E-state index in [2.05, 4.69) is 36.9 Å². The summed E-state index contributed by atoms with van der Waals surface area (Å²) in [5.74, 6) is 1.73. The molecule has 4 heterocycles. The van der Waals surface area contributed by atoms with Crippen molar-refractivity contribution in [3.05, 3.63) is 23.3 Å². The van der Waals surface area contributed by atoms with E-state index in [1.54, 1.807) is 0 Å². The van der Waals surface area contributed by atoms with Gasteiger partial charge in [0.05, 0.1) is 6.20 Å². The van der Waals surface area contributed by atoms with Gasteiger partial charge in [0.15, 0.2) is 11.5 Å². The van der Waals surface area contributed by atoms with Gasteiger partial charge in [-0.25, -0.2) is 4.98 Å².